The minimum absolute atomic E-state index is 0.0464. The molecular weight excluding hydrogens is 1010 g/mol. The molecule has 0 fully saturated rings. The first-order valence-electron chi connectivity index (χ1n) is 29.6. The minimum atomic E-state index is 0.0464. The summed E-state index contributed by atoms with van der Waals surface area (Å²) in [6.45, 7) is 13.8. The van der Waals surface area contributed by atoms with Gasteiger partial charge >= 0.3 is 0 Å². The summed E-state index contributed by atoms with van der Waals surface area (Å²) in [4.78, 5) is 0. The molecule has 0 aliphatic heterocycles. The lowest BCUT2D eigenvalue weighted by Crippen LogP contribution is -2.10. The van der Waals surface area contributed by atoms with E-state index in [9.17, 15) is 0 Å². The van der Waals surface area contributed by atoms with Crippen molar-refractivity contribution in [2.24, 2.45) is 0 Å². The molecule has 0 atom stereocenters. The number of hydrogen-bond donors (Lipinski definition) is 0. The second-order valence-electron chi connectivity index (χ2n) is 24.9. The van der Waals surface area contributed by atoms with Gasteiger partial charge in [0, 0.05) is 32.9 Å². The van der Waals surface area contributed by atoms with Gasteiger partial charge in [0.15, 0.2) is 0 Å². The van der Waals surface area contributed by atoms with Gasteiger partial charge in [0.25, 0.3) is 0 Å². The molecule has 0 amide bonds. The Morgan fingerprint density at radius 2 is 0.440 bits per heavy atom. The molecule has 402 valence electrons. The smallest absolute Gasteiger partial charge is 0.0541 e. The first kappa shape index (κ1) is 50.9. The summed E-state index contributed by atoms with van der Waals surface area (Å²) in [6.07, 6.45) is 0. The second kappa shape index (κ2) is 19.9. The number of benzene rings is 13. The molecule has 0 radical (unpaired) electrons. The van der Waals surface area contributed by atoms with E-state index in [0.717, 1.165) is 0 Å². The quantitative estimate of drug-likeness (QED) is 0.134. The average Bonchev–Trinajstić information content (AvgIpc) is 2.03. The fraction of sp³-hybridized carbons (Fsp3) is 0.0976. The zero-order valence-corrected chi connectivity index (χ0v) is 48.5. The lowest BCUT2D eigenvalue weighted by molar-refractivity contribution is 0.591. The Morgan fingerprint density at radius 1 is 0.202 bits per heavy atom. The van der Waals surface area contributed by atoms with Gasteiger partial charge in [-0.25, -0.2) is 0 Å². The summed E-state index contributed by atoms with van der Waals surface area (Å²) in [7, 11) is 0. The molecule has 2 heterocycles. The van der Waals surface area contributed by atoms with Crippen molar-refractivity contribution in [3.8, 4) is 78.1 Å². The summed E-state index contributed by atoms with van der Waals surface area (Å²) >= 11 is 0. The van der Waals surface area contributed by atoms with Crippen molar-refractivity contribution in [3.63, 3.8) is 0 Å². The Bertz CT molecular complexity index is 4630. The third-order valence-electron chi connectivity index (χ3n) is 17.7. The normalized spacial score (nSPS) is 12.2. The first-order chi connectivity index (χ1) is 40.9. The second-order valence-corrected chi connectivity index (χ2v) is 24.9. The molecule has 13 aromatic carbocycles. The van der Waals surface area contributed by atoms with E-state index >= 15 is 0 Å². The molecule has 0 saturated carbocycles. The van der Waals surface area contributed by atoms with Crippen LogP contribution in [0, 0.1) is 0 Å². The van der Waals surface area contributed by atoms with Crippen LogP contribution >= 0.6 is 0 Å². The molecular formula is C82H64N2. The number of hydrogen-bond acceptors (Lipinski definition) is 0. The monoisotopic (exact) mass is 1080 g/mol. The maximum Gasteiger partial charge on any atom is 0.0541 e. The van der Waals surface area contributed by atoms with Crippen molar-refractivity contribution in [1.29, 1.82) is 0 Å². The van der Waals surface area contributed by atoms with Gasteiger partial charge in [-0.05, 0) is 183 Å². The predicted octanol–water partition coefficient (Wildman–Crippen LogP) is 22.8. The Labute approximate surface area is 492 Å². The van der Waals surface area contributed by atoms with Crippen molar-refractivity contribution < 1.29 is 0 Å². The molecule has 2 nitrogen and oxygen atoms in total. The van der Waals surface area contributed by atoms with E-state index in [1.165, 1.54) is 154 Å². The maximum atomic E-state index is 2.41. The highest BCUT2D eigenvalue weighted by molar-refractivity contribution is 6.21. The van der Waals surface area contributed by atoms with Gasteiger partial charge in [0.05, 0.1) is 22.1 Å². The van der Waals surface area contributed by atoms with Gasteiger partial charge in [-0.1, -0.05) is 248 Å². The van der Waals surface area contributed by atoms with Crippen molar-refractivity contribution in [2.45, 2.75) is 52.4 Å². The van der Waals surface area contributed by atoms with E-state index in [-0.39, 0.29) is 10.8 Å². The van der Waals surface area contributed by atoms with E-state index in [2.05, 4.69) is 330 Å². The maximum absolute atomic E-state index is 2.41. The van der Waals surface area contributed by atoms with Crippen LogP contribution in [-0.2, 0) is 10.8 Å². The summed E-state index contributed by atoms with van der Waals surface area (Å²) < 4.78 is 4.81. The van der Waals surface area contributed by atoms with E-state index in [4.69, 9.17) is 0 Å². The Balaban J connectivity index is 0.718. The van der Waals surface area contributed by atoms with Crippen LogP contribution in [0.2, 0.25) is 0 Å². The van der Waals surface area contributed by atoms with Crippen LogP contribution in [0.4, 0.5) is 0 Å². The van der Waals surface area contributed by atoms with Crippen LogP contribution in [0.15, 0.2) is 279 Å². The van der Waals surface area contributed by atoms with Crippen LogP contribution in [0.25, 0.3) is 143 Å². The molecule has 0 saturated heterocycles. The molecule has 84 heavy (non-hydrogen) atoms. The van der Waals surface area contributed by atoms with Crippen LogP contribution in [0.1, 0.15) is 52.7 Å². The largest absolute Gasteiger partial charge is 0.309 e. The molecule has 15 rings (SSSR count). The average molecular weight is 1080 g/mol. The van der Waals surface area contributed by atoms with Gasteiger partial charge in [0.1, 0.15) is 0 Å². The molecule has 0 unspecified atom stereocenters. The third-order valence-corrected chi connectivity index (χ3v) is 17.7. The van der Waals surface area contributed by atoms with E-state index in [0.29, 0.717) is 0 Å². The third kappa shape index (κ3) is 8.72. The highest BCUT2D eigenvalue weighted by Gasteiger charge is 2.22. The molecule has 0 spiro atoms. The highest BCUT2D eigenvalue weighted by Crippen LogP contribution is 2.46. The summed E-state index contributed by atoms with van der Waals surface area (Å²) in [5.74, 6) is 0. The van der Waals surface area contributed by atoms with Crippen molar-refractivity contribution in [1.82, 2.24) is 9.13 Å². The molecule has 2 aromatic heterocycles. The highest BCUT2D eigenvalue weighted by atomic mass is 15.0. The molecule has 2 heteroatoms. The first-order valence-corrected chi connectivity index (χ1v) is 29.6. The zero-order chi connectivity index (χ0) is 56.8. The fourth-order valence-corrected chi connectivity index (χ4v) is 13.2. The van der Waals surface area contributed by atoms with Gasteiger partial charge in [-0.15, -0.1) is 0 Å². The minimum Gasteiger partial charge on any atom is -0.309 e. The van der Waals surface area contributed by atoms with Crippen LogP contribution in [-0.4, -0.2) is 9.13 Å². The van der Waals surface area contributed by atoms with E-state index < -0.39 is 0 Å². The van der Waals surface area contributed by atoms with Crippen LogP contribution in [0.3, 0.4) is 0 Å². The fourth-order valence-electron chi connectivity index (χ4n) is 13.2. The molecule has 0 aliphatic carbocycles. The Hall–Kier alpha value is -10.0. The van der Waals surface area contributed by atoms with Gasteiger partial charge in [0.2, 0.25) is 0 Å². The van der Waals surface area contributed by atoms with Crippen molar-refractivity contribution in [2.75, 3.05) is 0 Å². The number of fused-ring (bicyclic) bond motifs is 8. The number of aromatic nitrogens is 2. The van der Waals surface area contributed by atoms with Gasteiger partial charge < -0.3 is 9.13 Å². The summed E-state index contributed by atoms with van der Waals surface area (Å²) in [5.41, 5.74) is 24.6. The molecule has 0 N–H and O–H groups in total. The van der Waals surface area contributed by atoms with Crippen molar-refractivity contribution in [3.05, 3.63) is 290 Å². The topological polar surface area (TPSA) is 9.86 Å². The standard InChI is InChI=1S/C82H64N2/c1-81(2,3)63-43-47-77-73(51-63)71-49-61(41-45-75(71)83(77)65-17-9-7-10-18-65)57-29-25-53(26-30-57)55-33-37-59(38-34-55)79-67-21-13-15-23-69(67)80(70-24-16-14-22-68(70)79)60-39-35-56(36-40-60)54-27-31-58(32-28-54)62-42-46-76-72(50-62)74-52-64(82(4,5)6)44-48-78(74)84(76)66-19-11-8-12-20-66/h7-52H,1-6H3. The van der Waals surface area contributed by atoms with Gasteiger partial charge in [-0.2, -0.15) is 0 Å². The summed E-state index contributed by atoms with van der Waals surface area (Å²) in [6, 6.07) is 104. The Morgan fingerprint density at radius 3 is 0.738 bits per heavy atom. The summed E-state index contributed by atoms with van der Waals surface area (Å²) in [5, 5.41) is 10.1. The lowest BCUT2D eigenvalue weighted by atomic mass is 9.85. The van der Waals surface area contributed by atoms with Crippen LogP contribution in [0.5, 0.6) is 0 Å². The van der Waals surface area contributed by atoms with Crippen molar-refractivity contribution >= 4 is 65.2 Å². The molecule has 15 aromatic rings. The zero-order valence-electron chi connectivity index (χ0n) is 48.5. The molecule has 0 aliphatic rings. The number of rotatable bonds is 8. The predicted molar refractivity (Wildman–Crippen MR) is 360 cm³/mol. The van der Waals surface area contributed by atoms with Crippen LogP contribution < -0.4 is 0 Å². The van der Waals surface area contributed by atoms with E-state index in [1.807, 2.05) is 0 Å². The van der Waals surface area contributed by atoms with Gasteiger partial charge in [-0.3, -0.25) is 0 Å². The number of para-hydroxylation sites is 2. The van der Waals surface area contributed by atoms with E-state index in [1.54, 1.807) is 0 Å². The Kier molecular flexibility index (Phi) is 12.0. The lowest BCUT2D eigenvalue weighted by Gasteiger charge is -2.19. The number of nitrogens with zero attached hydrogens (tertiary/aromatic N) is 2. The SMILES string of the molecule is CC(C)(C)c1ccc2c(c1)c1cc(-c3ccc(-c4ccc(-c5c6ccccc6c(-c6ccc(-c7ccc(-c8ccc9c(c8)c8cc(C(C)(C)C)ccc8n9-c8ccccc8)cc7)cc6)c6ccccc56)cc4)cc3)ccc1n2-c1ccccc1. The molecule has 0 bridgehead atoms.